The van der Waals surface area contributed by atoms with Gasteiger partial charge in [-0.25, -0.2) is 4.79 Å². The van der Waals surface area contributed by atoms with Gasteiger partial charge in [0.05, 0.1) is 0 Å². The second kappa shape index (κ2) is 6.44. The number of anilines is 2. The van der Waals surface area contributed by atoms with Crippen LogP contribution < -0.4 is 10.6 Å². The SMILES string of the molecule is CNc1cccc(NC(=O)OCc2ccccc2)c1. The second-order valence-corrected chi connectivity index (χ2v) is 4.02. The highest BCUT2D eigenvalue weighted by Gasteiger charge is 2.03. The molecular weight excluding hydrogens is 240 g/mol. The number of carbonyl (C=O) groups is 1. The van der Waals surface area contributed by atoms with E-state index < -0.39 is 6.09 Å². The Bertz CT molecular complexity index is 541. The molecule has 0 aliphatic heterocycles. The van der Waals surface area contributed by atoms with Gasteiger partial charge in [-0.3, -0.25) is 5.32 Å². The van der Waals surface area contributed by atoms with E-state index in [0.717, 1.165) is 11.3 Å². The third kappa shape index (κ3) is 4.03. The molecule has 0 heterocycles. The fraction of sp³-hybridized carbons (Fsp3) is 0.133. The molecule has 19 heavy (non-hydrogen) atoms. The average molecular weight is 256 g/mol. The molecular formula is C15H16N2O2. The highest BCUT2D eigenvalue weighted by atomic mass is 16.5. The van der Waals surface area contributed by atoms with E-state index in [4.69, 9.17) is 4.74 Å². The van der Waals surface area contributed by atoms with Crippen LogP contribution in [-0.4, -0.2) is 13.1 Å². The summed E-state index contributed by atoms with van der Waals surface area (Å²) in [5.41, 5.74) is 2.59. The van der Waals surface area contributed by atoms with Crippen molar-refractivity contribution in [2.24, 2.45) is 0 Å². The molecule has 4 heteroatoms. The molecule has 4 nitrogen and oxygen atoms in total. The van der Waals surface area contributed by atoms with E-state index in [1.807, 2.05) is 61.6 Å². The molecule has 0 bridgehead atoms. The molecule has 0 radical (unpaired) electrons. The average Bonchev–Trinajstić information content (AvgIpc) is 2.46. The Labute approximate surface area is 112 Å². The minimum atomic E-state index is -0.461. The second-order valence-electron chi connectivity index (χ2n) is 4.02. The Morgan fingerprint density at radius 1 is 1.05 bits per heavy atom. The van der Waals surface area contributed by atoms with Gasteiger partial charge < -0.3 is 10.1 Å². The minimum absolute atomic E-state index is 0.262. The van der Waals surface area contributed by atoms with Gasteiger partial charge in [0.15, 0.2) is 0 Å². The lowest BCUT2D eigenvalue weighted by Gasteiger charge is -2.08. The molecule has 0 aromatic heterocycles. The highest BCUT2D eigenvalue weighted by molar-refractivity contribution is 5.85. The molecule has 2 aromatic carbocycles. The zero-order chi connectivity index (χ0) is 13.5. The Morgan fingerprint density at radius 2 is 1.79 bits per heavy atom. The predicted molar refractivity (Wildman–Crippen MR) is 76.2 cm³/mol. The van der Waals surface area contributed by atoms with Crippen molar-refractivity contribution in [3.8, 4) is 0 Å². The van der Waals surface area contributed by atoms with E-state index in [1.54, 1.807) is 0 Å². The highest BCUT2D eigenvalue weighted by Crippen LogP contribution is 2.14. The number of benzene rings is 2. The summed E-state index contributed by atoms with van der Waals surface area (Å²) < 4.78 is 5.14. The van der Waals surface area contributed by atoms with Crippen LogP contribution >= 0.6 is 0 Å². The lowest BCUT2D eigenvalue weighted by atomic mass is 10.2. The predicted octanol–water partition coefficient (Wildman–Crippen LogP) is 3.48. The molecule has 0 aliphatic rings. The Morgan fingerprint density at radius 3 is 2.53 bits per heavy atom. The van der Waals surface area contributed by atoms with Crippen LogP contribution in [-0.2, 0) is 11.3 Å². The van der Waals surface area contributed by atoms with Crippen molar-refractivity contribution in [2.75, 3.05) is 17.7 Å². The third-order valence-corrected chi connectivity index (χ3v) is 2.61. The van der Waals surface area contributed by atoms with Crippen LogP contribution in [0.25, 0.3) is 0 Å². The normalized spacial score (nSPS) is 9.74. The van der Waals surface area contributed by atoms with Crippen molar-refractivity contribution in [3.63, 3.8) is 0 Å². The molecule has 0 unspecified atom stereocenters. The molecule has 0 fully saturated rings. The van der Waals surface area contributed by atoms with E-state index in [0.29, 0.717) is 5.69 Å². The van der Waals surface area contributed by atoms with E-state index in [1.165, 1.54) is 0 Å². The smallest absolute Gasteiger partial charge is 0.411 e. The first kappa shape index (κ1) is 13.0. The Balaban J connectivity index is 1.87. The van der Waals surface area contributed by atoms with Gasteiger partial charge in [-0.15, -0.1) is 0 Å². The summed E-state index contributed by atoms with van der Waals surface area (Å²) in [4.78, 5) is 11.6. The summed E-state index contributed by atoms with van der Waals surface area (Å²) >= 11 is 0. The summed E-state index contributed by atoms with van der Waals surface area (Å²) in [7, 11) is 1.83. The molecule has 98 valence electrons. The summed E-state index contributed by atoms with van der Waals surface area (Å²) in [5.74, 6) is 0. The summed E-state index contributed by atoms with van der Waals surface area (Å²) in [6.45, 7) is 0.262. The van der Waals surface area contributed by atoms with Crippen molar-refractivity contribution >= 4 is 17.5 Å². The van der Waals surface area contributed by atoms with Gasteiger partial charge in [-0.1, -0.05) is 36.4 Å². The molecule has 0 saturated carbocycles. The van der Waals surface area contributed by atoms with Crippen molar-refractivity contribution in [3.05, 3.63) is 60.2 Å². The molecule has 0 spiro atoms. The molecule has 0 aliphatic carbocycles. The Kier molecular flexibility index (Phi) is 4.39. The standard InChI is InChI=1S/C15H16N2O2/c1-16-13-8-5-9-14(10-13)17-15(18)19-11-12-6-3-2-4-7-12/h2-10,16H,11H2,1H3,(H,17,18). The quantitative estimate of drug-likeness (QED) is 0.880. The van der Waals surface area contributed by atoms with Gasteiger partial charge in [-0.05, 0) is 23.8 Å². The number of rotatable bonds is 4. The molecule has 2 rings (SSSR count). The van der Waals surface area contributed by atoms with E-state index in [-0.39, 0.29) is 6.61 Å². The van der Waals surface area contributed by atoms with Crippen molar-refractivity contribution in [2.45, 2.75) is 6.61 Å². The van der Waals surface area contributed by atoms with Crippen LogP contribution in [0.4, 0.5) is 16.2 Å². The van der Waals surface area contributed by atoms with Crippen LogP contribution in [0.2, 0.25) is 0 Å². The third-order valence-electron chi connectivity index (χ3n) is 2.61. The fourth-order valence-corrected chi connectivity index (χ4v) is 1.63. The lowest BCUT2D eigenvalue weighted by Crippen LogP contribution is -2.13. The van der Waals surface area contributed by atoms with Crippen LogP contribution in [0.1, 0.15) is 5.56 Å². The van der Waals surface area contributed by atoms with Crippen molar-refractivity contribution < 1.29 is 9.53 Å². The maximum atomic E-state index is 11.6. The minimum Gasteiger partial charge on any atom is -0.444 e. The molecule has 2 aromatic rings. The number of hydrogen-bond acceptors (Lipinski definition) is 3. The summed E-state index contributed by atoms with van der Waals surface area (Å²) in [6, 6.07) is 17.0. The largest absolute Gasteiger partial charge is 0.444 e. The van der Waals surface area contributed by atoms with E-state index in [2.05, 4.69) is 10.6 Å². The van der Waals surface area contributed by atoms with Crippen LogP contribution in [0.15, 0.2) is 54.6 Å². The van der Waals surface area contributed by atoms with Crippen LogP contribution in [0, 0.1) is 0 Å². The van der Waals surface area contributed by atoms with Gasteiger partial charge in [0.2, 0.25) is 0 Å². The van der Waals surface area contributed by atoms with Gasteiger partial charge >= 0.3 is 6.09 Å². The number of amides is 1. The van der Waals surface area contributed by atoms with Crippen LogP contribution in [0.5, 0.6) is 0 Å². The first-order valence-electron chi connectivity index (χ1n) is 6.03. The molecule has 2 N–H and O–H groups in total. The maximum absolute atomic E-state index is 11.6. The zero-order valence-corrected chi connectivity index (χ0v) is 10.7. The molecule has 0 atom stereocenters. The van der Waals surface area contributed by atoms with Crippen molar-refractivity contribution in [1.29, 1.82) is 0 Å². The number of carbonyl (C=O) groups excluding carboxylic acids is 1. The molecule has 0 saturated heterocycles. The number of nitrogens with one attached hydrogen (secondary N) is 2. The fourth-order valence-electron chi connectivity index (χ4n) is 1.63. The molecule has 1 amide bonds. The topological polar surface area (TPSA) is 50.4 Å². The van der Waals surface area contributed by atoms with Crippen LogP contribution in [0.3, 0.4) is 0 Å². The number of ether oxygens (including phenoxy) is 1. The van der Waals surface area contributed by atoms with E-state index in [9.17, 15) is 4.79 Å². The summed E-state index contributed by atoms with van der Waals surface area (Å²) in [6.07, 6.45) is -0.461. The van der Waals surface area contributed by atoms with E-state index >= 15 is 0 Å². The monoisotopic (exact) mass is 256 g/mol. The summed E-state index contributed by atoms with van der Waals surface area (Å²) in [5, 5.41) is 5.69. The van der Waals surface area contributed by atoms with Gasteiger partial charge in [0, 0.05) is 18.4 Å². The van der Waals surface area contributed by atoms with Gasteiger partial charge in [0.25, 0.3) is 0 Å². The zero-order valence-electron chi connectivity index (χ0n) is 10.7. The Hall–Kier alpha value is -2.49. The first-order valence-corrected chi connectivity index (χ1v) is 6.03. The van der Waals surface area contributed by atoms with Crippen molar-refractivity contribution in [1.82, 2.24) is 0 Å². The number of hydrogen-bond donors (Lipinski definition) is 2. The lowest BCUT2D eigenvalue weighted by molar-refractivity contribution is 0.155. The van der Waals surface area contributed by atoms with Gasteiger partial charge in [-0.2, -0.15) is 0 Å². The first-order chi connectivity index (χ1) is 9.28. The maximum Gasteiger partial charge on any atom is 0.411 e. The van der Waals surface area contributed by atoms with Gasteiger partial charge in [0.1, 0.15) is 6.61 Å².